The number of carbonyl (C=O) groups is 2. The van der Waals surface area contributed by atoms with Crippen LogP contribution in [0.3, 0.4) is 0 Å². The molecule has 0 spiro atoms. The number of H-pyrrole nitrogens is 1. The second kappa shape index (κ2) is 5.33. The summed E-state index contributed by atoms with van der Waals surface area (Å²) < 4.78 is 0. The number of amides is 2. The minimum Gasteiger partial charge on any atom is -0.361 e. The summed E-state index contributed by atoms with van der Waals surface area (Å²) in [6.07, 6.45) is 1.83. The van der Waals surface area contributed by atoms with Gasteiger partial charge in [0.15, 0.2) is 0 Å². The molecule has 1 aromatic carbocycles. The summed E-state index contributed by atoms with van der Waals surface area (Å²) in [6.45, 7) is -0.205. The van der Waals surface area contributed by atoms with E-state index in [9.17, 15) is 9.59 Å². The first kappa shape index (κ1) is 12.1. The third-order valence-corrected chi connectivity index (χ3v) is 2.47. The van der Waals surface area contributed by atoms with Gasteiger partial charge in [-0.05, 0) is 24.3 Å². The zero-order valence-electron chi connectivity index (χ0n) is 9.69. The minimum absolute atomic E-state index is 0.0821. The lowest BCUT2D eigenvalue weighted by atomic mass is 10.2. The van der Waals surface area contributed by atoms with Gasteiger partial charge in [0.05, 0.1) is 13.1 Å². The van der Waals surface area contributed by atoms with E-state index in [1.165, 1.54) is 0 Å². The van der Waals surface area contributed by atoms with E-state index < -0.39 is 0 Å². The van der Waals surface area contributed by atoms with Crippen molar-refractivity contribution in [1.82, 2.24) is 10.3 Å². The lowest BCUT2D eigenvalue weighted by molar-refractivity contribution is -0.123. The first-order valence-corrected chi connectivity index (χ1v) is 5.53. The van der Waals surface area contributed by atoms with E-state index in [2.05, 4.69) is 15.6 Å². The summed E-state index contributed by atoms with van der Waals surface area (Å²) in [5, 5.41) is 6.11. The summed E-state index contributed by atoms with van der Waals surface area (Å²) in [6, 6.07) is 7.45. The van der Waals surface area contributed by atoms with Crippen LogP contribution in [0.1, 0.15) is 0 Å². The van der Waals surface area contributed by atoms with Crippen molar-refractivity contribution < 1.29 is 9.59 Å². The second-order valence-corrected chi connectivity index (χ2v) is 3.81. The monoisotopic (exact) mass is 246 g/mol. The summed E-state index contributed by atoms with van der Waals surface area (Å²) >= 11 is 0. The zero-order valence-corrected chi connectivity index (χ0v) is 9.69. The van der Waals surface area contributed by atoms with Crippen LogP contribution in [0.5, 0.6) is 0 Å². The van der Waals surface area contributed by atoms with Gasteiger partial charge in [-0.2, -0.15) is 0 Å². The fraction of sp³-hybridized carbons (Fsp3) is 0.167. The molecule has 0 aliphatic rings. The smallest absolute Gasteiger partial charge is 0.243 e. The Hall–Kier alpha value is -2.34. The van der Waals surface area contributed by atoms with E-state index in [4.69, 9.17) is 5.73 Å². The van der Waals surface area contributed by atoms with Gasteiger partial charge < -0.3 is 21.4 Å². The summed E-state index contributed by atoms with van der Waals surface area (Å²) in [5.41, 5.74) is 6.81. The maximum Gasteiger partial charge on any atom is 0.243 e. The fourth-order valence-electron chi connectivity index (χ4n) is 1.59. The standard InChI is InChI=1S/C12H14N4O2/c13-6-11(17)15-7-12(18)16-9-1-2-10-8(5-9)3-4-14-10/h1-5,14H,6-7,13H2,(H,15,17)(H,16,18). The number of aromatic amines is 1. The van der Waals surface area contributed by atoms with E-state index in [1.54, 1.807) is 6.07 Å². The predicted molar refractivity (Wildman–Crippen MR) is 69.0 cm³/mol. The molecule has 0 aliphatic carbocycles. The summed E-state index contributed by atoms with van der Waals surface area (Å²) in [4.78, 5) is 25.5. The molecule has 2 aromatic rings. The van der Waals surface area contributed by atoms with Gasteiger partial charge in [-0.3, -0.25) is 9.59 Å². The molecule has 18 heavy (non-hydrogen) atoms. The Kier molecular flexibility index (Phi) is 3.59. The van der Waals surface area contributed by atoms with E-state index in [0.717, 1.165) is 10.9 Å². The molecule has 1 heterocycles. The molecule has 0 unspecified atom stereocenters. The van der Waals surface area contributed by atoms with Crippen LogP contribution < -0.4 is 16.4 Å². The van der Waals surface area contributed by atoms with Crippen LogP contribution in [0, 0.1) is 0 Å². The van der Waals surface area contributed by atoms with Gasteiger partial charge in [-0.1, -0.05) is 0 Å². The van der Waals surface area contributed by atoms with Gasteiger partial charge in [0, 0.05) is 22.8 Å². The third kappa shape index (κ3) is 2.86. The largest absolute Gasteiger partial charge is 0.361 e. The van der Waals surface area contributed by atoms with Gasteiger partial charge in [0.25, 0.3) is 0 Å². The molecular weight excluding hydrogens is 232 g/mol. The topological polar surface area (TPSA) is 100 Å². The average Bonchev–Trinajstić information content (AvgIpc) is 2.83. The number of fused-ring (bicyclic) bond motifs is 1. The highest BCUT2D eigenvalue weighted by Crippen LogP contribution is 2.17. The normalized spacial score (nSPS) is 10.3. The Morgan fingerprint density at radius 2 is 2.06 bits per heavy atom. The number of hydrogen-bond acceptors (Lipinski definition) is 3. The van der Waals surface area contributed by atoms with Gasteiger partial charge in [0.2, 0.25) is 11.8 Å². The number of nitrogens with one attached hydrogen (secondary N) is 3. The molecule has 0 aliphatic heterocycles. The Bertz CT molecular complexity index is 576. The first-order chi connectivity index (χ1) is 8.69. The van der Waals surface area contributed by atoms with Gasteiger partial charge in [-0.15, -0.1) is 0 Å². The van der Waals surface area contributed by atoms with Crippen molar-refractivity contribution in [3.05, 3.63) is 30.5 Å². The fourth-order valence-corrected chi connectivity index (χ4v) is 1.59. The van der Waals surface area contributed by atoms with Crippen LogP contribution in [-0.4, -0.2) is 29.9 Å². The molecule has 2 amide bonds. The lowest BCUT2D eigenvalue weighted by Crippen LogP contribution is -2.36. The van der Waals surface area contributed by atoms with Crippen molar-refractivity contribution in [2.24, 2.45) is 5.73 Å². The lowest BCUT2D eigenvalue weighted by Gasteiger charge is -2.06. The number of nitrogens with two attached hydrogens (primary N) is 1. The maximum absolute atomic E-state index is 11.5. The molecule has 0 saturated heterocycles. The highest BCUT2D eigenvalue weighted by Gasteiger charge is 2.05. The highest BCUT2D eigenvalue weighted by atomic mass is 16.2. The molecular formula is C12H14N4O2. The Balaban J connectivity index is 1.96. The summed E-state index contributed by atoms with van der Waals surface area (Å²) in [7, 11) is 0. The number of aromatic nitrogens is 1. The molecule has 5 N–H and O–H groups in total. The van der Waals surface area contributed by atoms with Gasteiger partial charge >= 0.3 is 0 Å². The second-order valence-electron chi connectivity index (χ2n) is 3.81. The summed E-state index contributed by atoms with van der Waals surface area (Å²) in [5.74, 6) is -0.641. The molecule has 1 aromatic heterocycles. The van der Waals surface area contributed by atoms with Crippen LogP contribution in [0.4, 0.5) is 5.69 Å². The molecule has 6 heteroatoms. The van der Waals surface area contributed by atoms with Crippen molar-refractivity contribution in [3.63, 3.8) is 0 Å². The van der Waals surface area contributed by atoms with Crippen LogP contribution >= 0.6 is 0 Å². The maximum atomic E-state index is 11.5. The average molecular weight is 246 g/mol. The molecule has 0 saturated carbocycles. The Morgan fingerprint density at radius 1 is 1.22 bits per heavy atom. The SMILES string of the molecule is NCC(=O)NCC(=O)Nc1ccc2[nH]ccc2c1. The molecule has 0 atom stereocenters. The predicted octanol–water partition coefficient (Wildman–Crippen LogP) is 0.181. The third-order valence-electron chi connectivity index (χ3n) is 2.47. The van der Waals surface area contributed by atoms with Crippen LogP contribution in [0.25, 0.3) is 10.9 Å². The van der Waals surface area contributed by atoms with Crippen molar-refractivity contribution >= 4 is 28.4 Å². The highest BCUT2D eigenvalue weighted by molar-refractivity contribution is 5.96. The van der Waals surface area contributed by atoms with Gasteiger partial charge in [0.1, 0.15) is 0 Å². The molecule has 94 valence electrons. The molecule has 0 bridgehead atoms. The Labute approximate surface area is 104 Å². The van der Waals surface area contributed by atoms with Crippen LogP contribution in [0.15, 0.2) is 30.5 Å². The van der Waals surface area contributed by atoms with Crippen LogP contribution in [0.2, 0.25) is 0 Å². The molecule has 6 nitrogen and oxygen atoms in total. The number of rotatable bonds is 4. The van der Waals surface area contributed by atoms with E-state index in [1.807, 2.05) is 24.4 Å². The first-order valence-electron chi connectivity index (χ1n) is 5.53. The van der Waals surface area contributed by atoms with Crippen LogP contribution in [-0.2, 0) is 9.59 Å². The molecule has 2 rings (SSSR count). The van der Waals surface area contributed by atoms with Gasteiger partial charge in [-0.25, -0.2) is 0 Å². The van der Waals surface area contributed by atoms with Crippen molar-refractivity contribution in [3.8, 4) is 0 Å². The number of anilines is 1. The quantitative estimate of drug-likeness (QED) is 0.619. The van der Waals surface area contributed by atoms with Crippen molar-refractivity contribution in [1.29, 1.82) is 0 Å². The number of hydrogen-bond donors (Lipinski definition) is 4. The number of carbonyl (C=O) groups excluding carboxylic acids is 2. The molecule has 0 radical (unpaired) electrons. The Morgan fingerprint density at radius 3 is 2.83 bits per heavy atom. The van der Waals surface area contributed by atoms with E-state index in [0.29, 0.717) is 5.69 Å². The van der Waals surface area contributed by atoms with E-state index >= 15 is 0 Å². The zero-order chi connectivity index (χ0) is 13.0. The number of benzene rings is 1. The molecule has 0 fully saturated rings. The van der Waals surface area contributed by atoms with E-state index in [-0.39, 0.29) is 24.9 Å². The minimum atomic E-state index is -0.355. The van der Waals surface area contributed by atoms with Crippen molar-refractivity contribution in [2.75, 3.05) is 18.4 Å². The van der Waals surface area contributed by atoms with Crippen molar-refractivity contribution in [2.45, 2.75) is 0 Å².